The van der Waals surface area contributed by atoms with Gasteiger partial charge in [0.25, 0.3) is 0 Å². The number of hydrogen-bond acceptors (Lipinski definition) is 0. The molecule has 1 aliphatic rings. The van der Waals surface area contributed by atoms with E-state index in [9.17, 15) is 0 Å². The molecule has 0 aliphatic heterocycles. The number of fused-ring (bicyclic) bond motifs is 2. The molecule has 0 amide bonds. The minimum Gasteiger partial charge on any atom is -0.0984 e. The summed E-state index contributed by atoms with van der Waals surface area (Å²) in [7, 11) is 0. The van der Waals surface area contributed by atoms with E-state index in [1.54, 1.807) is 0 Å². The fourth-order valence-corrected chi connectivity index (χ4v) is 7.07. The second kappa shape index (κ2) is 11.9. The lowest BCUT2D eigenvalue weighted by molar-refractivity contribution is 1.12. The largest absolute Gasteiger partial charge is 0.0984 e. The van der Waals surface area contributed by atoms with Gasteiger partial charge in [-0.3, -0.25) is 0 Å². The van der Waals surface area contributed by atoms with Crippen LogP contribution in [0.4, 0.5) is 0 Å². The van der Waals surface area contributed by atoms with E-state index in [0.29, 0.717) is 0 Å². The van der Waals surface area contributed by atoms with Gasteiger partial charge in [0.15, 0.2) is 0 Å². The van der Waals surface area contributed by atoms with Gasteiger partial charge < -0.3 is 0 Å². The van der Waals surface area contributed by atoms with E-state index in [1.807, 2.05) is 18.2 Å². The fraction of sp³-hybridized carbons (Fsp3) is 0.0667. The molecule has 0 N–H and O–H groups in total. The van der Waals surface area contributed by atoms with Crippen molar-refractivity contribution in [2.45, 2.75) is 19.8 Å². The van der Waals surface area contributed by atoms with Gasteiger partial charge in [0.2, 0.25) is 0 Å². The minimum atomic E-state index is 1.10. The smallest absolute Gasteiger partial charge is 0.00266 e. The molecule has 7 rings (SSSR count). The first-order chi connectivity index (χ1) is 22.1. The highest BCUT2D eigenvalue weighted by Gasteiger charge is 2.19. The Morgan fingerprint density at radius 2 is 0.956 bits per heavy atom. The second-order valence-corrected chi connectivity index (χ2v) is 11.7. The first-order valence-electron chi connectivity index (χ1n) is 15.7. The zero-order valence-corrected chi connectivity index (χ0v) is 25.8. The molecule has 0 unspecified atom stereocenters. The maximum atomic E-state index is 4.30. The molecule has 6 aromatic carbocycles. The standard InChI is InChI=1S/C45H36/c1-5-36-30(4)14-12-20-39(36)32-22-26-34(27-23-32)44-37(6-2)38(7-3)45(43-19-11-10-18-42(43)44)35-28-24-33(25-29-35)41-21-13-16-31-15-8-9-17-40(31)41/h5-7,10-29H,1-3,8-9H2,4H3. The monoisotopic (exact) mass is 576 g/mol. The second-order valence-electron chi connectivity index (χ2n) is 11.7. The lowest BCUT2D eigenvalue weighted by atomic mass is 9.83. The van der Waals surface area contributed by atoms with Gasteiger partial charge >= 0.3 is 0 Å². The minimum absolute atomic E-state index is 1.10. The third-order valence-electron chi connectivity index (χ3n) is 9.22. The van der Waals surface area contributed by atoms with E-state index in [1.165, 1.54) is 71.3 Å². The summed E-state index contributed by atoms with van der Waals surface area (Å²) in [4.78, 5) is 0. The Kier molecular flexibility index (Phi) is 7.49. The molecule has 0 atom stereocenters. The van der Waals surface area contributed by atoms with Gasteiger partial charge in [-0.25, -0.2) is 0 Å². The van der Waals surface area contributed by atoms with Crippen LogP contribution in [0, 0.1) is 6.92 Å². The first-order valence-corrected chi connectivity index (χ1v) is 15.7. The molecule has 0 saturated heterocycles. The maximum absolute atomic E-state index is 4.30. The molecule has 6 aromatic rings. The molecule has 216 valence electrons. The normalized spacial score (nSPS) is 12.1. The van der Waals surface area contributed by atoms with E-state index in [0.717, 1.165) is 29.5 Å². The van der Waals surface area contributed by atoms with Gasteiger partial charge in [0, 0.05) is 0 Å². The zero-order valence-electron chi connectivity index (χ0n) is 25.8. The molecular formula is C45H36. The zero-order chi connectivity index (χ0) is 30.9. The molecule has 0 radical (unpaired) electrons. The highest BCUT2D eigenvalue weighted by atomic mass is 14.2. The van der Waals surface area contributed by atoms with Gasteiger partial charge in [-0.2, -0.15) is 0 Å². The highest BCUT2D eigenvalue weighted by Crippen LogP contribution is 2.44. The summed E-state index contributed by atoms with van der Waals surface area (Å²) in [5.41, 5.74) is 14.2. The molecule has 0 saturated carbocycles. The predicted molar refractivity (Wildman–Crippen MR) is 198 cm³/mol. The van der Waals surface area contributed by atoms with E-state index in [2.05, 4.69) is 148 Å². The van der Waals surface area contributed by atoms with Gasteiger partial charge in [-0.15, -0.1) is 0 Å². The van der Waals surface area contributed by atoms with Gasteiger partial charge in [-0.05, 0) is 108 Å². The van der Waals surface area contributed by atoms with E-state index in [-0.39, 0.29) is 0 Å². The number of rotatable bonds is 7. The Morgan fingerprint density at radius 3 is 1.53 bits per heavy atom. The molecule has 0 aromatic heterocycles. The lowest BCUT2D eigenvalue weighted by Gasteiger charge is -2.20. The van der Waals surface area contributed by atoms with Crippen LogP contribution >= 0.6 is 0 Å². The quantitative estimate of drug-likeness (QED) is 0.177. The molecule has 1 aliphatic carbocycles. The summed E-state index contributed by atoms with van der Waals surface area (Å²) in [6.07, 6.45) is 12.9. The van der Waals surface area contributed by atoms with Gasteiger partial charge in [0.1, 0.15) is 0 Å². The Balaban J connectivity index is 1.38. The van der Waals surface area contributed by atoms with Crippen LogP contribution in [0.25, 0.3) is 85.7 Å². The van der Waals surface area contributed by atoms with Crippen molar-refractivity contribution >= 4 is 41.2 Å². The highest BCUT2D eigenvalue weighted by molar-refractivity contribution is 6.11. The lowest BCUT2D eigenvalue weighted by Crippen LogP contribution is -2.28. The van der Waals surface area contributed by atoms with Crippen LogP contribution in [0.5, 0.6) is 0 Å². The van der Waals surface area contributed by atoms with Crippen LogP contribution in [0.15, 0.2) is 129 Å². The Labute approximate surface area is 266 Å². The average molecular weight is 577 g/mol. The van der Waals surface area contributed by atoms with Crippen molar-refractivity contribution in [1.82, 2.24) is 0 Å². The van der Waals surface area contributed by atoms with Gasteiger partial charge in [-0.1, -0.05) is 159 Å². The predicted octanol–water partition coefficient (Wildman–Crippen LogP) is 11.1. The van der Waals surface area contributed by atoms with Crippen molar-refractivity contribution in [2.75, 3.05) is 0 Å². The third kappa shape index (κ3) is 4.89. The molecule has 0 heterocycles. The molecule has 0 fully saturated rings. The van der Waals surface area contributed by atoms with Crippen LogP contribution in [0.1, 0.15) is 35.1 Å². The average Bonchev–Trinajstić information content (AvgIpc) is 3.10. The fourth-order valence-electron chi connectivity index (χ4n) is 7.07. The van der Waals surface area contributed by atoms with Crippen molar-refractivity contribution in [2.24, 2.45) is 0 Å². The van der Waals surface area contributed by atoms with Crippen LogP contribution in [-0.4, -0.2) is 0 Å². The number of aryl methyl sites for hydroxylation is 1. The van der Waals surface area contributed by atoms with Crippen LogP contribution < -0.4 is 10.4 Å². The molecule has 0 spiro atoms. The third-order valence-corrected chi connectivity index (χ3v) is 9.22. The van der Waals surface area contributed by atoms with Crippen LogP contribution in [0.3, 0.4) is 0 Å². The number of hydrogen-bond donors (Lipinski definition) is 0. The summed E-state index contributed by atoms with van der Waals surface area (Å²) >= 11 is 0. The Morgan fingerprint density at radius 1 is 0.467 bits per heavy atom. The van der Waals surface area contributed by atoms with Crippen LogP contribution in [0.2, 0.25) is 0 Å². The van der Waals surface area contributed by atoms with Crippen molar-refractivity contribution in [1.29, 1.82) is 0 Å². The molecule has 0 bridgehead atoms. The Bertz CT molecular complexity index is 2240. The van der Waals surface area contributed by atoms with E-state index < -0.39 is 0 Å². The molecule has 0 nitrogen and oxygen atoms in total. The van der Waals surface area contributed by atoms with Crippen molar-refractivity contribution in [3.8, 4) is 44.5 Å². The Hall–Kier alpha value is -5.46. The van der Waals surface area contributed by atoms with Crippen LogP contribution in [-0.2, 0) is 0 Å². The molecular weight excluding hydrogens is 540 g/mol. The van der Waals surface area contributed by atoms with Crippen molar-refractivity contribution < 1.29 is 0 Å². The van der Waals surface area contributed by atoms with Gasteiger partial charge in [0.05, 0.1) is 0 Å². The summed E-state index contributed by atoms with van der Waals surface area (Å²) in [6, 6.07) is 39.7. The summed E-state index contributed by atoms with van der Waals surface area (Å²) < 4.78 is 0. The van der Waals surface area contributed by atoms with Crippen molar-refractivity contribution in [3.05, 3.63) is 162 Å². The maximum Gasteiger partial charge on any atom is -0.00266 e. The van der Waals surface area contributed by atoms with Crippen molar-refractivity contribution in [3.63, 3.8) is 0 Å². The summed E-state index contributed by atoms with van der Waals surface area (Å²) in [6.45, 7) is 14.8. The first kappa shape index (κ1) is 28.3. The summed E-state index contributed by atoms with van der Waals surface area (Å²) in [5.74, 6) is 0. The summed E-state index contributed by atoms with van der Waals surface area (Å²) in [5, 5.41) is 5.09. The molecule has 45 heavy (non-hydrogen) atoms. The number of benzene rings is 6. The SMILES string of the molecule is C=Cc1c(C)cccc1-c1ccc(-c2c(C=C)c(C=C)c(-c3ccc(-c4cccc5c4=CCCC=5)cc3)c3ccccc23)cc1. The van der Waals surface area contributed by atoms with E-state index in [4.69, 9.17) is 0 Å². The molecule has 0 heteroatoms. The van der Waals surface area contributed by atoms with E-state index >= 15 is 0 Å². The topological polar surface area (TPSA) is 0 Å².